The average molecular weight is 401 g/mol. The Morgan fingerprint density at radius 3 is 2.56 bits per heavy atom. The molecule has 3 aromatic heterocycles. The summed E-state index contributed by atoms with van der Waals surface area (Å²) >= 11 is 6.26. The first kappa shape index (κ1) is 17.4. The Morgan fingerprint density at radius 1 is 1.00 bits per heavy atom. The third-order valence-electron chi connectivity index (χ3n) is 4.00. The molecule has 0 amide bonds. The molecule has 0 aliphatic rings. The first-order valence-corrected chi connectivity index (χ1v) is 9.64. The molecule has 0 atom stereocenters. The molecule has 27 heavy (non-hydrogen) atoms. The monoisotopic (exact) mass is 400 g/mol. The van der Waals surface area contributed by atoms with Crippen molar-refractivity contribution in [3.8, 4) is 22.3 Å². The Hall–Kier alpha value is -3.01. The average Bonchev–Trinajstić information content (AvgIpc) is 3.00. The van der Waals surface area contributed by atoms with Crippen molar-refractivity contribution in [1.29, 1.82) is 0 Å². The van der Waals surface area contributed by atoms with Gasteiger partial charge in [0.1, 0.15) is 0 Å². The Morgan fingerprint density at radius 2 is 1.78 bits per heavy atom. The molecule has 0 fully saturated rings. The van der Waals surface area contributed by atoms with Crippen LogP contribution >= 0.6 is 11.6 Å². The molecular formula is C17H13ClN6O2S. The van der Waals surface area contributed by atoms with E-state index in [-0.39, 0.29) is 10.8 Å². The zero-order valence-corrected chi connectivity index (χ0v) is 15.3. The number of fused-ring (bicyclic) bond motifs is 1. The maximum Gasteiger partial charge on any atom is 0.240 e. The third kappa shape index (κ3) is 3.35. The van der Waals surface area contributed by atoms with Gasteiger partial charge in [0.05, 0.1) is 4.90 Å². The standard InChI is InChI=1S/C17H13ClN6O2S/c18-15-3-2-13(27(20,25)26)6-14(15)12-5-11(7-21-8-12)10-1-4-16-22-17(19)23-24(16)9-10/h1-9H,(H2,19,23)(H2,20,25,26). The van der Waals surface area contributed by atoms with Crippen molar-refractivity contribution in [3.05, 3.63) is 60.0 Å². The van der Waals surface area contributed by atoms with E-state index in [9.17, 15) is 8.42 Å². The summed E-state index contributed by atoms with van der Waals surface area (Å²) < 4.78 is 24.8. The second kappa shape index (κ2) is 6.31. The maximum absolute atomic E-state index is 11.6. The van der Waals surface area contributed by atoms with Crippen LogP contribution in [0.1, 0.15) is 0 Å². The number of nitrogen functional groups attached to an aromatic ring is 1. The summed E-state index contributed by atoms with van der Waals surface area (Å²) in [7, 11) is -3.84. The Labute approximate surface area is 159 Å². The molecule has 4 aromatic rings. The lowest BCUT2D eigenvalue weighted by molar-refractivity contribution is 0.598. The number of hydrogen-bond donors (Lipinski definition) is 2. The maximum atomic E-state index is 11.6. The number of pyridine rings is 2. The van der Waals surface area contributed by atoms with E-state index in [0.717, 1.165) is 11.1 Å². The molecule has 0 spiro atoms. The van der Waals surface area contributed by atoms with E-state index >= 15 is 0 Å². The first-order chi connectivity index (χ1) is 12.8. The van der Waals surface area contributed by atoms with Crippen LogP contribution in [0.2, 0.25) is 5.02 Å². The highest BCUT2D eigenvalue weighted by molar-refractivity contribution is 7.89. The van der Waals surface area contributed by atoms with Crippen LogP contribution < -0.4 is 10.9 Å². The van der Waals surface area contributed by atoms with Gasteiger partial charge in [-0.25, -0.2) is 18.1 Å². The highest BCUT2D eigenvalue weighted by atomic mass is 35.5. The molecule has 0 saturated heterocycles. The molecule has 0 aliphatic heterocycles. The molecule has 3 heterocycles. The van der Waals surface area contributed by atoms with Gasteiger partial charge < -0.3 is 5.73 Å². The zero-order chi connectivity index (χ0) is 19.2. The summed E-state index contributed by atoms with van der Waals surface area (Å²) in [6.07, 6.45) is 5.06. The van der Waals surface area contributed by atoms with Crippen LogP contribution in [0.5, 0.6) is 0 Å². The van der Waals surface area contributed by atoms with Crippen molar-refractivity contribution in [2.75, 3.05) is 5.73 Å². The quantitative estimate of drug-likeness (QED) is 0.543. The highest BCUT2D eigenvalue weighted by Crippen LogP contribution is 2.32. The van der Waals surface area contributed by atoms with Gasteiger partial charge in [0, 0.05) is 45.9 Å². The normalized spacial score (nSPS) is 11.8. The summed E-state index contributed by atoms with van der Waals surface area (Å²) in [5.41, 5.74) is 9.04. The van der Waals surface area contributed by atoms with E-state index in [2.05, 4.69) is 15.1 Å². The summed E-state index contributed by atoms with van der Waals surface area (Å²) in [6, 6.07) is 9.80. The Kier molecular flexibility index (Phi) is 4.06. The number of hydrogen-bond acceptors (Lipinski definition) is 6. The molecule has 0 bridgehead atoms. The van der Waals surface area contributed by atoms with Gasteiger partial charge in [0.2, 0.25) is 16.0 Å². The SMILES string of the molecule is Nc1nc2ccc(-c3cncc(-c4cc(S(N)(=O)=O)ccc4Cl)c3)cn2n1. The molecular weight excluding hydrogens is 388 g/mol. The van der Waals surface area contributed by atoms with E-state index in [1.807, 2.05) is 12.1 Å². The summed E-state index contributed by atoms with van der Waals surface area (Å²) in [5.74, 6) is 0.186. The van der Waals surface area contributed by atoms with Gasteiger partial charge in [-0.15, -0.1) is 5.10 Å². The minimum absolute atomic E-state index is 0.0215. The first-order valence-electron chi connectivity index (χ1n) is 7.71. The van der Waals surface area contributed by atoms with Crippen LogP contribution in [0.3, 0.4) is 0 Å². The fraction of sp³-hybridized carbons (Fsp3) is 0. The van der Waals surface area contributed by atoms with E-state index in [1.165, 1.54) is 18.2 Å². The van der Waals surface area contributed by atoms with Crippen LogP contribution in [0, 0.1) is 0 Å². The topological polar surface area (TPSA) is 129 Å². The van der Waals surface area contributed by atoms with Crippen LogP contribution in [0.15, 0.2) is 59.9 Å². The van der Waals surface area contributed by atoms with Gasteiger partial charge in [-0.05, 0) is 36.4 Å². The molecule has 4 N–H and O–H groups in total. The van der Waals surface area contributed by atoms with Crippen molar-refractivity contribution in [1.82, 2.24) is 19.6 Å². The number of nitrogens with zero attached hydrogens (tertiary/aromatic N) is 4. The Balaban J connectivity index is 1.83. The number of sulfonamides is 1. The van der Waals surface area contributed by atoms with Gasteiger partial charge in [-0.2, -0.15) is 4.98 Å². The zero-order valence-electron chi connectivity index (χ0n) is 13.7. The molecule has 0 unspecified atom stereocenters. The van der Waals surface area contributed by atoms with E-state index in [0.29, 0.717) is 21.8 Å². The molecule has 4 rings (SSSR count). The van der Waals surface area contributed by atoms with Crippen molar-refractivity contribution >= 4 is 33.2 Å². The fourth-order valence-corrected chi connectivity index (χ4v) is 3.49. The second-order valence-electron chi connectivity index (χ2n) is 5.84. The Bertz CT molecular complexity index is 1290. The van der Waals surface area contributed by atoms with E-state index in [4.69, 9.17) is 22.5 Å². The number of nitrogens with two attached hydrogens (primary N) is 2. The second-order valence-corrected chi connectivity index (χ2v) is 7.81. The van der Waals surface area contributed by atoms with Gasteiger partial charge >= 0.3 is 0 Å². The number of rotatable bonds is 3. The molecule has 1 aromatic carbocycles. The number of halogens is 1. The van der Waals surface area contributed by atoms with Crippen molar-refractivity contribution in [2.24, 2.45) is 5.14 Å². The fourth-order valence-electron chi connectivity index (χ4n) is 2.72. The number of anilines is 1. The van der Waals surface area contributed by atoms with Gasteiger partial charge in [0.15, 0.2) is 5.65 Å². The number of primary sulfonamides is 1. The van der Waals surface area contributed by atoms with Gasteiger partial charge in [0.25, 0.3) is 0 Å². The minimum atomic E-state index is -3.84. The lowest BCUT2D eigenvalue weighted by atomic mass is 10.0. The summed E-state index contributed by atoms with van der Waals surface area (Å²) in [5, 5.41) is 9.70. The van der Waals surface area contributed by atoms with E-state index < -0.39 is 10.0 Å². The van der Waals surface area contributed by atoms with Gasteiger partial charge in [-0.1, -0.05) is 11.6 Å². The van der Waals surface area contributed by atoms with Crippen LogP contribution in [-0.4, -0.2) is 28.0 Å². The molecule has 0 radical (unpaired) electrons. The van der Waals surface area contributed by atoms with Crippen LogP contribution in [-0.2, 0) is 10.0 Å². The summed E-state index contributed by atoms with van der Waals surface area (Å²) in [4.78, 5) is 8.31. The van der Waals surface area contributed by atoms with Crippen molar-refractivity contribution < 1.29 is 8.42 Å². The third-order valence-corrected chi connectivity index (χ3v) is 5.24. The number of benzene rings is 1. The largest absolute Gasteiger partial charge is 0.366 e. The minimum Gasteiger partial charge on any atom is -0.366 e. The van der Waals surface area contributed by atoms with Crippen molar-refractivity contribution in [3.63, 3.8) is 0 Å². The number of aromatic nitrogens is 4. The van der Waals surface area contributed by atoms with Crippen molar-refractivity contribution in [2.45, 2.75) is 4.90 Å². The summed E-state index contributed by atoms with van der Waals surface area (Å²) in [6.45, 7) is 0. The van der Waals surface area contributed by atoms with Crippen LogP contribution in [0.25, 0.3) is 27.9 Å². The lowest BCUT2D eigenvalue weighted by Gasteiger charge is -2.09. The van der Waals surface area contributed by atoms with E-state index in [1.54, 1.807) is 29.2 Å². The molecule has 136 valence electrons. The predicted octanol–water partition coefficient (Wildman–Crippen LogP) is 2.34. The molecule has 8 nitrogen and oxygen atoms in total. The predicted molar refractivity (Wildman–Crippen MR) is 102 cm³/mol. The van der Waals surface area contributed by atoms with Gasteiger partial charge in [-0.3, -0.25) is 4.98 Å². The molecule has 0 saturated carbocycles. The lowest BCUT2D eigenvalue weighted by Crippen LogP contribution is -2.12. The smallest absolute Gasteiger partial charge is 0.240 e. The molecule has 10 heteroatoms. The highest BCUT2D eigenvalue weighted by Gasteiger charge is 2.13. The van der Waals surface area contributed by atoms with Crippen LogP contribution in [0.4, 0.5) is 5.95 Å². The molecule has 0 aliphatic carbocycles.